The molecule has 1 aromatic heterocycles. The van der Waals surface area contributed by atoms with Crippen molar-refractivity contribution in [3.63, 3.8) is 0 Å². The summed E-state index contributed by atoms with van der Waals surface area (Å²) >= 11 is 0. The van der Waals surface area contributed by atoms with Crippen molar-refractivity contribution in [2.75, 3.05) is 19.7 Å². The van der Waals surface area contributed by atoms with E-state index in [4.69, 9.17) is 9.47 Å². The molecule has 180 valence electrons. The van der Waals surface area contributed by atoms with Crippen LogP contribution in [0.25, 0.3) is 10.9 Å². The molecule has 0 spiro atoms. The molecule has 0 bridgehead atoms. The number of carboxylic acids is 1. The number of aromatic nitrogens is 1. The van der Waals surface area contributed by atoms with Crippen molar-refractivity contribution < 1.29 is 24.2 Å². The number of ether oxygens (including phenoxy) is 2. The minimum Gasteiger partial charge on any atom is -0.477 e. The van der Waals surface area contributed by atoms with Gasteiger partial charge >= 0.3 is 11.9 Å². The summed E-state index contributed by atoms with van der Waals surface area (Å²) in [6.45, 7) is 8.49. The Morgan fingerprint density at radius 1 is 1.27 bits per heavy atom. The van der Waals surface area contributed by atoms with Crippen LogP contribution in [0.1, 0.15) is 56.0 Å². The Kier molecular flexibility index (Phi) is 8.63. The first-order chi connectivity index (χ1) is 15.8. The summed E-state index contributed by atoms with van der Waals surface area (Å²) in [5.74, 6) is -1.12. The number of nitrogens with zero attached hydrogens (tertiary/aromatic N) is 1. The molecule has 3 rings (SSSR count). The minimum atomic E-state index is -1.21. The van der Waals surface area contributed by atoms with Crippen molar-refractivity contribution in [3.8, 4) is 0 Å². The molecule has 1 aromatic carbocycles. The number of esters is 1. The number of pyridine rings is 1. The normalized spacial score (nSPS) is 20.6. The van der Waals surface area contributed by atoms with Crippen LogP contribution in [0.2, 0.25) is 0 Å². The van der Waals surface area contributed by atoms with E-state index in [0.29, 0.717) is 37.4 Å². The number of fused-ring (bicyclic) bond motifs is 1. The van der Waals surface area contributed by atoms with Gasteiger partial charge in [0.15, 0.2) is 0 Å². The van der Waals surface area contributed by atoms with Crippen molar-refractivity contribution in [2.45, 2.75) is 65.2 Å². The smallest absolute Gasteiger partial charge is 0.341 e. The number of aryl methyl sites for hydroxylation is 2. The molecule has 0 amide bonds. The van der Waals surface area contributed by atoms with Gasteiger partial charge in [0.05, 0.1) is 18.0 Å². The van der Waals surface area contributed by atoms with Gasteiger partial charge in [-0.3, -0.25) is 9.59 Å². The van der Waals surface area contributed by atoms with Crippen molar-refractivity contribution in [3.05, 3.63) is 45.7 Å². The first-order valence-corrected chi connectivity index (χ1v) is 11.7. The molecule has 1 fully saturated rings. The summed E-state index contributed by atoms with van der Waals surface area (Å²) in [4.78, 5) is 36.2. The first-order valence-electron chi connectivity index (χ1n) is 11.7. The fourth-order valence-corrected chi connectivity index (χ4v) is 4.33. The van der Waals surface area contributed by atoms with Gasteiger partial charge in [-0.2, -0.15) is 0 Å². The molecule has 1 aliphatic rings. The van der Waals surface area contributed by atoms with E-state index in [9.17, 15) is 19.5 Å². The second-order valence-corrected chi connectivity index (χ2v) is 8.71. The van der Waals surface area contributed by atoms with Crippen molar-refractivity contribution >= 4 is 22.8 Å². The second-order valence-electron chi connectivity index (χ2n) is 8.71. The monoisotopic (exact) mass is 458 g/mol. The number of carbonyl (C=O) groups is 2. The molecule has 2 aromatic rings. The number of hydrogen-bond donors (Lipinski definition) is 2. The Labute approximate surface area is 193 Å². The molecule has 1 saturated heterocycles. The van der Waals surface area contributed by atoms with Crippen LogP contribution in [0.3, 0.4) is 0 Å². The Hall–Kier alpha value is -2.71. The highest BCUT2D eigenvalue weighted by Gasteiger charge is 2.31. The summed E-state index contributed by atoms with van der Waals surface area (Å²) in [5.41, 5.74) is 1.05. The number of nitrogens with one attached hydrogen (secondary N) is 1. The molecule has 8 heteroatoms. The molecule has 1 aliphatic heterocycles. The standard InChI is InChI=1S/C25H34N2O6/c1-4-27-15-20(25(30)31)23(29)19-14-18(7-8-21(19)27)6-5-11-26-12-9-22(28)33-24-16(2)10-13-32-17(24)3/h7-8,14-17,24,26H,4-6,9-13H2,1-3H3,(H,30,31)/t16-,17-,24+/m0/s1. The van der Waals surface area contributed by atoms with Crippen LogP contribution in [0.5, 0.6) is 0 Å². The lowest BCUT2D eigenvalue weighted by Crippen LogP contribution is -2.41. The van der Waals surface area contributed by atoms with E-state index in [0.717, 1.165) is 36.9 Å². The predicted molar refractivity (Wildman–Crippen MR) is 126 cm³/mol. The zero-order valence-corrected chi connectivity index (χ0v) is 19.6. The quantitative estimate of drug-likeness (QED) is 0.416. The topological polar surface area (TPSA) is 107 Å². The Bertz CT molecular complexity index is 1040. The molecule has 0 unspecified atom stereocenters. The SMILES string of the molecule is CCn1cc(C(=O)O)c(=O)c2cc(CCCNCCC(=O)O[C@H]3[C@H](C)OCC[C@@H]3C)ccc21. The average molecular weight is 459 g/mol. The van der Waals surface area contributed by atoms with Gasteiger partial charge in [0.2, 0.25) is 5.43 Å². The maximum atomic E-state index is 12.6. The number of carboxylic acid groups (broad SMARTS) is 1. The van der Waals surface area contributed by atoms with E-state index < -0.39 is 11.4 Å². The third-order valence-corrected chi connectivity index (χ3v) is 6.29. The van der Waals surface area contributed by atoms with Crippen molar-refractivity contribution in [1.82, 2.24) is 9.88 Å². The van der Waals surface area contributed by atoms with Crippen LogP contribution in [-0.4, -0.2) is 53.5 Å². The molecule has 0 aliphatic carbocycles. The van der Waals surface area contributed by atoms with Crippen molar-refractivity contribution in [2.24, 2.45) is 5.92 Å². The Balaban J connectivity index is 1.47. The van der Waals surface area contributed by atoms with Gasteiger partial charge in [-0.25, -0.2) is 4.79 Å². The number of hydrogen-bond acceptors (Lipinski definition) is 6. The van der Waals surface area contributed by atoms with Gasteiger partial charge in [-0.05, 0) is 63.3 Å². The van der Waals surface area contributed by atoms with E-state index in [1.165, 1.54) is 6.20 Å². The molecular formula is C25H34N2O6. The van der Waals surface area contributed by atoms with Gasteiger partial charge < -0.3 is 24.5 Å². The lowest BCUT2D eigenvalue weighted by molar-refractivity contribution is -0.169. The molecule has 8 nitrogen and oxygen atoms in total. The number of rotatable bonds is 10. The molecule has 2 heterocycles. The van der Waals surface area contributed by atoms with E-state index in [-0.39, 0.29) is 23.7 Å². The number of carbonyl (C=O) groups excluding carboxylic acids is 1. The molecule has 0 radical (unpaired) electrons. The summed E-state index contributed by atoms with van der Waals surface area (Å²) in [5, 5.41) is 13.0. The van der Waals surface area contributed by atoms with Crippen LogP contribution >= 0.6 is 0 Å². The fourth-order valence-electron chi connectivity index (χ4n) is 4.33. The average Bonchev–Trinajstić information content (AvgIpc) is 2.79. The summed E-state index contributed by atoms with van der Waals surface area (Å²) in [7, 11) is 0. The van der Waals surface area contributed by atoms with Crippen LogP contribution in [0, 0.1) is 5.92 Å². The predicted octanol–water partition coefficient (Wildman–Crippen LogP) is 2.99. The number of benzene rings is 1. The van der Waals surface area contributed by atoms with E-state index >= 15 is 0 Å². The Morgan fingerprint density at radius 3 is 2.76 bits per heavy atom. The van der Waals surface area contributed by atoms with Crippen LogP contribution in [0.15, 0.2) is 29.2 Å². The van der Waals surface area contributed by atoms with Gasteiger partial charge in [-0.15, -0.1) is 0 Å². The fraction of sp³-hybridized carbons (Fsp3) is 0.560. The third-order valence-electron chi connectivity index (χ3n) is 6.29. The van der Waals surface area contributed by atoms with Gasteiger partial charge in [0.25, 0.3) is 0 Å². The minimum absolute atomic E-state index is 0.0689. The van der Waals surface area contributed by atoms with E-state index in [1.54, 1.807) is 10.6 Å². The van der Waals surface area contributed by atoms with Gasteiger partial charge in [0, 0.05) is 31.3 Å². The van der Waals surface area contributed by atoms with Gasteiger partial charge in [-0.1, -0.05) is 13.0 Å². The maximum Gasteiger partial charge on any atom is 0.341 e. The van der Waals surface area contributed by atoms with Crippen molar-refractivity contribution in [1.29, 1.82) is 0 Å². The first kappa shape index (κ1) is 24.9. The zero-order valence-electron chi connectivity index (χ0n) is 19.6. The molecule has 0 saturated carbocycles. The van der Waals surface area contributed by atoms with E-state index in [2.05, 4.69) is 12.2 Å². The summed E-state index contributed by atoms with van der Waals surface area (Å²) in [6, 6.07) is 5.64. The maximum absolute atomic E-state index is 12.6. The lowest BCUT2D eigenvalue weighted by atomic mass is 9.95. The van der Waals surface area contributed by atoms with Crippen LogP contribution < -0.4 is 10.7 Å². The third kappa shape index (κ3) is 6.21. The molecule has 3 atom stereocenters. The van der Waals surface area contributed by atoms with Crippen LogP contribution in [0.4, 0.5) is 0 Å². The molecule has 33 heavy (non-hydrogen) atoms. The largest absolute Gasteiger partial charge is 0.477 e. The summed E-state index contributed by atoms with van der Waals surface area (Å²) < 4.78 is 13.0. The highest BCUT2D eigenvalue weighted by atomic mass is 16.6. The van der Waals surface area contributed by atoms with Gasteiger partial charge in [0.1, 0.15) is 11.7 Å². The second kappa shape index (κ2) is 11.4. The lowest BCUT2D eigenvalue weighted by Gasteiger charge is -2.33. The molecular weight excluding hydrogens is 424 g/mol. The summed E-state index contributed by atoms with van der Waals surface area (Å²) in [6.07, 6.45) is 3.93. The van der Waals surface area contributed by atoms with E-state index in [1.807, 2.05) is 26.0 Å². The Morgan fingerprint density at radius 2 is 2.06 bits per heavy atom. The van der Waals surface area contributed by atoms with Crippen LogP contribution in [-0.2, 0) is 27.2 Å². The highest BCUT2D eigenvalue weighted by molar-refractivity contribution is 5.92. The zero-order chi connectivity index (χ0) is 24.0. The molecule has 2 N–H and O–H groups in total. The highest BCUT2D eigenvalue weighted by Crippen LogP contribution is 2.23. The number of aromatic carboxylic acids is 1.